The monoisotopic (exact) mass is 301 g/mol. The van der Waals surface area contributed by atoms with Crippen molar-refractivity contribution < 1.29 is 9.18 Å². The van der Waals surface area contributed by atoms with Gasteiger partial charge in [0.1, 0.15) is 11.6 Å². The molecule has 5 heteroatoms. The molecule has 0 unspecified atom stereocenters. The van der Waals surface area contributed by atoms with Crippen LogP contribution in [0, 0.1) is 5.82 Å². The molecule has 1 aromatic carbocycles. The molecule has 0 fully saturated rings. The molecule has 2 N–H and O–H groups in total. The van der Waals surface area contributed by atoms with E-state index in [1.54, 1.807) is 18.3 Å². The largest absolute Gasteiger partial charge is 0.384 e. The van der Waals surface area contributed by atoms with Gasteiger partial charge in [0.05, 0.1) is 5.56 Å². The second-order valence-electron chi connectivity index (χ2n) is 4.99. The summed E-state index contributed by atoms with van der Waals surface area (Å²) in [4.78, 5) is 15.7. The molecule has 0 aliphatic heterocycles. The number of rotatable bonds is 8. The Bertz CT molecular complexity index is 617. The summed E-state index contributed by atoms with van der Waals surface area (Å²) in [5.74, 6) is 0.117. The van der Waals surface area contributed by atoms with Gasteiger partial charge in [0.2, 0.25) is 0 Å². The summed E-state index contributed by atoms with van der Waals surface area (Å²) < 4.78 is 13.6. The molecule has 0 aliphatic carbocycles. The van der Waals surface area contributed by atoms with Crippen LogP contribution in [-0.2, 0) is 0 Å². The van der Waals surface area contributed by atoms with Crippen molar-refractivity contribution in [1.82, 2.24) is 4.98 Å². The highest BCUT2D eigenvalue weighted by molar-refractivity contribution is 5.99. The average Bonchev–Trinajstić information content (AvgIpc) is 2.51. The van der Waals surface area contributed by atoms with Gasteiger partial charge in [0.15, 0.2) is 5.78 Å². The normalized spacial score (nSPS) is 10.3. The number of nitrogens with zero attached hydrogens (tertiary/aromatic N) is 1. The Morgan fingerprint density at radius 1 is 1.09 bits per heavy atom. The molecule has 4 nitrogen and oxygen atoms in total. The van der Waals surface area contributed by atoms with Gasteiger partial charge in [0.25, 0.3) is 0 Å². The van der Waals surface area contributed by atoms with Crippen LogP contribution in [0.15, 0.2) is 42.6 Å². The standard InChI is InChI=1S/C17H20FN3O/c1-13(22)17-14(18)7-6-8-15(17)19-10-4-5-12-21-16-9-2-3-11-20-16/h2-3,6-9,11,19H,4-5,10,12H2,1H3,(H,20,21). The molecule has 0 saturated carbocycles. The van der Waals surface area contributed by atoms with Crippen LogP contribution in [0.1, 0.15) is 30.1 Å². The molecule has 2 rings (SSSR count). The lowest BCUT2D eigenvalue weighted by molar-refractivity contribution is 0.101. The first-order valence-electron chi connectivity index (χ1n) is 7.36. The topological polar surface area (TPSA) is 54.0 Å². The van der Waals surface area contributed by atoms with Gasteiger partial charge in [-0.05, 0) is 44.0 Å². The highest BCUT2D eigenvalue weighted by Gasteiger charge is 2.12. The Hall–Kier alpha value is -2.43. The highest BCUT2D eigenvalue weighted by Crippen LogP contribution is 2.19. The Kier molecular flexibility index (Phi) is 5.89. The van der Waals surface area contributed by atoms with Gasteiger partial charge < -0.3 is 10.6 Å². The van der Waals surface area contributed by atoms with E-state index in [0.717, 1.165) is 25.2 Å². The predicted molar refractivity (Wildman–Crippen MR) is 86.9 cm³/mol. The maximum absolute atomic E-state index is 13.6. The van der Waals surface area contributed by atoms with Gasteiger partial charge >= 0.3 is 0 Å². The molecule has 0 radical (unpaired) electrons. The summed E-state index contributed by atoms with van der Waals surface area (Å²) in [6.45, 7) is 2.88. The number of anilines is 2. The van der Waals surface area contributed by atoms with Crippen LogP contribution in [0.3, 0.4) is 0 Å². The quantitative estimate of drug-likeness (QED) is 0.576. The molecule has 0 atom stereocenters. The number of aromatic nitrogens is 1. The molecule has 0 bridgehead atoms. The number of carbonyl (C=O) groups is 1. The lowest BCUT2D eigenvalue weighted by Crippen LogP contribution is -2.10. The molecule has 1 heterocycles. The van der Waals surface area contributed by atoms with Crippen molar-refractivity contribution >= 4 is 17.3 Å². The first-order chi connectivity index (χ1) is 10.7. The molecule has 0 amide bonds. The van der Waals surface area contributed by atoms with Gasteiger partial charge in [-0.2, -0.15) is 0 Å². The average molecular weight is 301 g/mol. The summed E-state index contributed by atoms with van der Waals surface area (Å²) in [5, 5.41) is 6.36. The highest BCUT2D eigenvalue weighted by atomic mass is 19.1. The molecular weight excluding hydrogens is 281 g/mol. The van der Waals surface area contributed by atoms with Gasteiger partial charge in [-0.15, -0.1) is 0 Å². The Morgan fingerprint density at radius 2 is 1.86 bits per heavy atom. The third-order valence-corrected chi connectivity index (χ3v) is 3.26. The minimum absolute atomic E-state index is 0.133. The van der Waals surface area contributed by atoms with Crippen LogP contribution in [0.5, 0.6) is 0 Å². The van der Waals surface area contributed by atoms with Crippen LogP contribution >= 0.6 is 0 Å². The number of nitrogens with one attached hydrogen (secondary N) is 2. The fraction of sp³-hybridized carbons (Fsp3) is 0.294. The van der Waals surface area contributed by atoms with Crippen molar-refractivity contribution in [2.75, 3.05) is 23.7 Å². The van der Waals surface area contributed by atoms with E-state index < -0.39 is 5.82 Å². The van der Waals surface area contributed by atoms with Crippen LogP contribution in [-0.4, -0.2) is 23.9 Å². The number of Topliss-reactive ketones (excluding diaryl/α,β-unsaturated/α-hetero) is 1. The van der Waals surface area contributed by atoms with E-state index in [4.69, 9.17) is 0 Å². The van der Waals surface area contributed by atoms with E-state index in [0.29, 0.717) is 12.2 Å². The van der Waals surface area contributed by atoms with E-state index in [1.165, 1.54) is 13.0 Å². The van der Waals surface area contributed by atoms with Gasteiger partial charge in [-0.1, -0.05) is 12.1 Å². The van der Waals surface area contributed by atoms with E-state index in [9.17, 15) is 9.18 Å². The Morgan fingerprint density at radius 3 is 2.55 bits per heavy atom. The fourth-order valence-corrected chi connectivity index (χ4v) is 2.19. The second kappa shape index (κ2) is 8.12. The maximum Gasteiger partial charge on any atom is 0.164 e. The zero-order valence-corrected chi connectivity index (χ0v) is 12.6. The number of halogens is 1. The minimum atomic E-state index is -0.477. The summed E-state index contributed by atoms with van der Waals surface area (Å²) in [7, 11) is 0. The molecule has 0 saturated heterocycles. The maximum atomic E-state index is 13.6. The van der Waals surface area contributed by atoms with E-state index in [-0.39, 0.29) is 11.3 Å². The fourth-order valence-electron chi connectivity index (χ4n) is 2.19. The van der Waals surface area contributed by atoms with Crippen molar-refractivity contribution in [3.8, 4) is 0 Å². The van der Waals surface area contributed by atoms with E-state index >= 15 is 0 Å². The number of hydrogen-bond donors (Lipinski definition) is 2. The predicted octanol–water partition coefficient (Wildman–Crippen LogP) is 3.73. The van der Waals surface area contributed by atoms with Crippen molar-refractivity contribution in [3.63, 3.8) is 0 Å². The zero-order chi connectivity index (χ0) is 15.8. The Balaban J connectivity index is 1.73. The summed E-state index contributed by atoms with van der Waals surface area (Å²) in [5.41, 5.74) is 0.694. The second-order valence-corrected chi connectivity index (χ2v) is 4.99. The molecule has 0 spiro atoms. The zero-order valence-electron chi connectivity index (χ0n) is 12.6. The molecule has 116 valence electrons. The van der Waals surface area contributed by atoms with Crippen molar-refractivity contribution in [1.29, 1.82) is 0 Å². The van der Waals surface area contributed by atoms with Crippen LogP contribution in [0.4, 0.5) is 15.9 Å². The lowest BCUT2D eigenvalue weighted by atomic mass is 10.1. The first kappa shape index (κ1) is 15.9. The summed E-state index contributed by atoms with van der Waals surface area (Å²) >= 11 is 0. The molecule has 1 aromatic heterocycles. The van der Waals surface area contributed by atoms with Gasteiger partial charge in [-0.3, -0.25) is 4.79 Å². The van der Waals surface area contributed by atoms with Gasteiger partial charge in [0, 0.05) is 25.0 Å². The number of unbranched alkanes of at least 4 members (excludes halogenated alkanes) is 1. The molecule has 0 aliphatic rings. The third-order valence-electron chi connectivity index (χ3n) is 3.26. The lowest BCUT2D eigenvalue weighted by Gasteiger charge is -2.11. The molecule has 2 aromatic rings. The number of hydrogen-bond acceptors (Lipinski definition) is 4. The molecule has 22 heavy (non-hydrogen) atoms. The van der Waals surface area contributed by atoms with Crippen LogP contribution < -0.4 is 10.6 Å². The van der Waals surface area contributed by atoms with Crippen LogP contribution in [0.2, 0.25) is 0 Å². The smallest absolute Gasteiger partial charge is 0.164 e. The SMILES string of the molecule is CC(=O)c1c(F)cccc1NCCCCNc1ccccn1. The van der Waals surface area contributed by atoms with Crippen molar-refractivity contribution in [2.24, 2.45) is 0 Å². The number of carbonyl (C=O) groups excluding carboxylic acids is 1. The number of pyridine rings is 1. The third kappa shape index (κ3) is 4.55. The van der Waals surface area contributed by atoms with Crippen LogP contribution in [0.25, 0.3) is 0 Å². The molecular formula is C17H20FN3O. The Labute approximate surface area is 129 Å². The summed E-state index contributed by atoms with van der Waals surface area (Å²) in [6, 6.07) is 10.4. The van der Waals surface area contributed by atoms with Gasteiger partial charge in [-0.25, -0.2) is 9.37 Å². The van der Waals surface area contributed by atoms with Crippen molar-refractivity contribution in [2.45, 2.75) is 19.8 Å². The summed E-state index contributed by atoms with van der Waals surface area (Å²) in [6.07, 6.45) is 3.61. The van der Waals surface area contributed by atoms with E-state index in [2.05, 4.69) is 15.6 Å². The minimum Gasteiger partial charge on any atom is -0.384 e. The number of benzene rings is 1. The van der Waals surface area contributed by atoms with Crippen molar-refractivity contribution in [3.05, 3.63) is 54.0 Å². The first-order valence-corrected chi connectivity index (χ1v) is 7.36. The number of ketones is 1. The van der Waals surface area contributed by atoms with E-state index in [1.807, 2.05) is 18.2 Å².